The van der Waals surface area contributed by atoms with Gasteiger partial charge in [-0.15, -0.1) is 0 Å². The summed E-state index contributed by atoms with van der Waals surface area (Å²) < 4.78 is 9.47. The minimum atomic E-state index is 0.0829. The minimum absolute atomic E-state index is 0.0829. The second-order valence-electron chi connectivity index (χ2n) is 7.85. The van der Waals surface area contributed by atoms with Crippen molar-refractivity contribution in [1.82, 2.24) is 29.5 Å². The average Bonchev–Trinajstić information content (AvgIpc) is 3.38. The van der Waals surface area contributed by atoms with Crippen molar-refractivity contribution in [3.63, 3.8) is 0 Å². The molecule has 0 saturated heterocycles. The largest absolute Gasteiger partial charge is 0.477 e. The van der Waals surface area contributed by atoms with Crippen molar-refractivity contribution in [3.05, 3.63) is 65.5 Å². The Balaban J connectivity index is 1.41. The number of nitrogens with one attached hydrogen (secondary N) is 1. The van der Waals surface area contributed by atoms with Crippen molar-refractivity contribution in [2.45, 2.75) is 19.4 Å². The number of aryl methyl sites for hydroxylation is 2. The smallest absolute Gasteiger partial charge is 0.221 e. The van der Waals surface area contributed by atoms with E-state index < -0.39 is 0 Å². The molecule has 34 heavy (non-hydrogen) atoms. The van der Waals surface area contributed by atoms with Crippen LogP contribution in [0, 0.1) is 11.8 Å². The number of ether oxygens (including phenoxy) is 1. The monoisotopic (exact) mass is 476 g/mol. The summed E-state index contributed by atoms with van der Waals surface area (Å²) in [7, 11) is 3.69. The summed E-state index contributed by atoms with van der Waals surface area (Å²) in [5.74, 6) is 6.89. The van der Waals surface area contributed by atoms with Gasteiger partial charge in [0.15, 0.2) is 0 Å². The van der Waals surface area contributed by atoms with E-state index in [0.717, 1.165) is 34.5 Å². The summed E-state index contributed by atoms with van der Waals surface area (Å²) >= 11 is 6.13. The van der Waals surface area contributed by atoms with Crippen molar-refractivity contribution in [2.75, 3.05) is 17.7 Å². The Morgan fingerprint density at radius 2 is 2.00 bits per heavy atom. The van der Waals surface area contributed by atoms with Crippen LogP contribution in [-0.2, 0) is 14.1 Å². The number of nitrogens with two attached hydrogens (primary N) is 1. The van der Waals surface area contributed by atoms with Crippen LogP contribution in [0.5, 0.6) is 5.88 Å². The number of hydrogen-bond donors (Lipinski definition) is 2. The number of hydrogen-bond acceptors (Lipinski definition) is 7. The fraction of sp³-hybridized carbons (Fsp3) is 0.250. The highest BCUT2D eigenvalue weighted by molar-refractivity contribution is 6.29. The topological polar surface area (TPSA) is 109 Å². The maximum absolute atomic E-state index is 6.13. The molecule has 0 fully saturated rings. The third-order valence-electron chi connectivity index (χ3n) is 5.05. The zero-order valence-electron chi connectivity index (χ0n) is 19.2. The lowest BCUT2D eigenvalue weighted by Crippen LogP contribution is -2.19. The van der Waals surface area contributed by atoms with Crippen LogP contribution in [0.2, 0.25) is 5.15 Å². The molecular weight excluding hydrogens is 452 g/mol. The molecule has 4 aromatic rings. The normalized spacial score (nSPS) is 11.5. The molecule has 4 rings (SSSR count). The quantitative estimate of drug-likeness (QED) is 0.310. The fourth-order valence-electron chi connectivity index (χ4n) is 3.31. The zero-order valence-corrected chi connectivity index (χ0v) is 19.9. The second-order valence-corrected chi connectivity index (χ2v) is 8.24. The molecule has 0 amide bonds. The molecule has 4 aromatic heterocycles. The molecule has 0 unspecified atom stereocenters. The second kappa shape index (κ2) is 10.3. The number of nitrogens with zero attached hydrogens (tertiary/aromatic N) is 6. The lowest BCUT2D eigenvalue weighted by molar-refractivity contribution is 0.280. The predicted molar refractivity (Wildman–Crippen MR) is 132 cm³/mol. The van der Waals surface area contributed by atoms with Gasteiger partial charge in [-0.25, -0.2) is 9.67 Å². The lowest BCUT2D eigenvalue weighted by atomic mass is 10.2. The average molecular weight is 477 g/mol. The number of halogens is 1. The van der Waals surface area contributed by atoms with Crippen molar-refractivity contribution in [1.29, 1.82) is 0 Å². The van der Waals surface area contributed by atoms with Crippen LogP contribution in [0.1, 0.15) is 24.5 Å². The van der Waals surface area contributed by atoms with Gasteiger partial charge in [-0.1, -0.05) is 23.4 Å². The summed E-state index contributed by atoms with van der Waals surface area (Å²) in [6.45, 7) is 2.54. The molecule has 0 bridgehead atoms. The first-order chi connectivity index (χ1) is 16.4. The van der Waals surface area contributed by atoms with Crippen LogP contribution in [0.3, 0.4) is 0 Å². The zero-order chi connectivity index (χ0) is 24.1. The molecule has 0 aliphatic heterocycles. The SMILES string of the molecule is C[C@@H](CCOc1c(-c2cc(N)ccn2)cnn1C)Nc1cc(Cl)ncc1C#Cc1cnn(C)c1. The summed E-state index contributed by atoms with van der Waals surface area (Å²) in [6, 6.07) is 5.40. The van der Waals surface area contributed by atoms with Crippen LogP contribution in [0.4, 0.5) is 11.4 Å². The Bertz CT molecular complexity index is 1350. The van der Waals surface area contributed by atoms with Crippen LogP contribution in [-0.4, -0.2) is 42.2 Å². The molecular formula is C24H25ClN8O. The van der Waals surface area contributed by atoms with Gasteiger partial charge < -0.3 is 15.8 Å². The van der Waals surface area contributed by atoms with Gasteiger partial charge in [-0.2, -0.15) is 10.2 Å². The van der Waals surface area contributed by atoms with E-state index in [1.165, 1.54) is 0 Å². The molecule has 3 N–H and O–H groups in total. The number of aromatic nitrogens is 6. The van der Waals surface area contributed by atoms with E-state index in [1.807, 2.05) is 20.3 Å². The Morgan fingerprint density at radius 1 is 1.15 bits per heavy atom. The molecule has 9 nitrogen and oxygen atoms in total. The van der Waals surface area contributed by atoms with E-state index in [9.17, 15) is 0 Å². The molecule has 0 aliphatic rings. The first-order valence-electron chi connectivity index (χ1n) is 10.7. The molecule has 0 aromatic carbocycles. The van der Waals surface area contributed by atoms with Crippen LogP contribution in [0.15, 0.2) is 49.2 Å². The van der Waals surface area contributed by atoms with Crippen molar-refractivity contribution in [3.8, 4) is 29.0 Å². The molecule has 10 heteroatoms. The molecule has 0 radical (unpaired) electrons. The van der Waals surface area contributed by atoms with Gasteiger partial charge in [-0.3, -0.25) is 9.67 Å². The minimum Gasteiger partial charge on any atom is -0.477 e. The standard InChI is InChI=1S/C24H25ClN8O/c1-16(7-9-34-24-20(14-30-33(24)3)22-10-19(26)6-8-27-22)31-21-11-23(25)28-13-18(21)5-4-17-12-29-32(2)15-17/h6,8,10-16H,7,9H2,1-3H3,(H2,26,27)(H,28,31)/t16-/m0/s1. The van der Waals surface area contributed by atoms with Crippen molar-refractivity contribution in [2.24, 2.45) is 14.1 Å². The number of pyridine rings is 2. The van der Waals surface area contributed by atoms with Gasteiger partial charge in [-0.05, 0) is 25.1 Å². The van der Waals surface area contributed by atoms with E-state index >= 15 is 0 Å². The summed E-state index contributed by atoms with van der Waals surface area (Å²) in [5, 5.41) is 12.3. The predicted octanol–water partition coefficient (Wildman–Crippen LogP) is 3.52. The van der Waals surface area contributed by atoms with Gasteiger partial charge in [0.25, 0.3) is 0 Å². The van der Waals surface area contributed by atoms with E-state index in [-0.39, 0.29) is 6.04 Å². The number of rotatable bonds is 7. The number of anilines is 2. The highest BCUT2D eigenvalue weighted by Crippen LogP contribution is 2.29. The van der Waals surface area contributed by atoms with Gasteiger partial charge in [0, 0.05) is 50.8 Å². The van der Waals surface area contributed by atoms with E-state index in [0.29, 0.717) is 23.3 Å². The van der Waals surface area contributed by atoms with E-state index in [4.69, 9.17) is 22.1 Å². The van der Waals surface area contributed by atoms with Crippen LogP contribution >= 0.6 is 11.6 Å². The first kappa shape index (κ1) is 23.1. The molecule has 0 spiro atoms. The van der Waals surface area contributed by atoms with Crippen molar-refractivity contribution < 1.29 is 4.74 Å². The highest BCUT2D eigenvalue weighted by atomic mass is 35.5. The van der Waals surface area contributed by atoms with Gasteiger partial charge in [0.1, 0.15) is 5.15 Å². The summed E-state index contributed by atoms with van der Waals surface area (Å²) in [4.78, 5) is 8.55. The lowest BCUT2D eigenvalue weighted by Gasteiger charge is -2.17. The molecule has 174 valence electrons. The summed E-state index contributed by atoms with van der Waals surface area (Å²) in [5.41, 5.74) is 10.4. The Kier molecular flexibility index (Phi) is 6.99. The maximum Gasteiger partial charge on any atom is 0.221 e. The van der Waals surface area contributed by atoms with Crippen molar-refractivity contribution >= 4 is 23.0 Å². The Labute approximate surface area is 202 Å². The van der Waals surface area contributed by atoms with Gasteiger partial charge in [0.05, 0.1) is 47.1 Å². The Hall–Kier alpha value is -4.03. The first-order valence-corrected chi connectivity index (χ1v) is 11.1. The molecule has 0 saturated carbocycles. The molecule has 0 aliphatic carbocycles. The summed E-state index contributed by atoms with van der Waals surface area (Å²) in [6.07, 6.45) is 9.36. The Morgan fingerprint density at radius 3 is 2.76 bits per heavy atom. The maximum atomic E-state index is 6.13. The molecule has 1 atom stereocenters. The fourth-order valence-corrected chi connectivity index (χ4v) is 3.47. The number of nitrogen functional groups attached to an aromatic ring is 1. The van der Waals surface area contributed by atoms with E-state index in [1.54, 1.807) is 52.4 Å². The van der Waals surface area contributed by atoms with Gasteiger partial charge in [0.2, 0.25) is 5.88 Å². The third-order valence-corrected chi connectivity index (χ3v) is 5.26. The highest BCUT2D eigenvalue weighted by Gasteiger charge is 2.15. The van der Waals surface area contributed by atoms with Crippen LogP contribution in [0.25, 0.3) is 11.3 Å². The molecule has 4 heterocycles. The third kappa shape index (κ3) is 5.66. The van der Waals surface area contributed by atoms with E-state index in [2.05, 4.69) is 44.2 Å². The van der Waals surface area contributed by atoms with Crippen LogP contribution < -0.4 is 15.8 Å². The van der Waals surface area contributed by atoms with Gasteiger partial charge >= 0.3 is 0 Å².